The molecule has 0 aromatic carbocycles. The van der Waals surface area contributed by atoms with E-state index in [0.717, 1.165) is 11.3 Å². The van der Waals surface area contributed by atoms with Crippen molar-refractivity contribution in [3.05, 3.63) is 35.8 Å². The van der Waals surface area contributed by atoms with Crippen molar-refractivity contribution < 1.29 is 0 Å². The van der Waals surface area contributed by atoms with Crippen molar-refractivity contribution in [3.8, 4) is 0 Å². The molecule has 1 unspecified atom stereocenters. The van der Waals surface area contributed by atoms with E-state index >= 15 is 0 Å². The van der Waals surface area contributed by atoms with E-state index in [1.54, 1.807) is 6.20 Å². The zero-order chi connectivity index (χ0) is 10.8. The number of nitrogens with two attached hydrogens (primary N) is 1. The molecule has 0 saturated heterocycles. The standard InChI is InChI=1S/C10H11N4S/c1-6(8-3-2-4-12-8)7-5-13-10(15)14-9(7)11/h2-6,12H,1H3,(H2,11,13,14). The quantitative estimate of drug-likeness (QED) is 0.760. The number of nitrogens with one attached hydrogen (secondary N) is 1. The van der Waals surface area contributed by atoms with Gasteiger partial charge in [-0.3, -0.25) is 0 Å². The Morgan fingerprint density at radius 1 is 1.53 bits per heavy atom. The number of aromatic nitrogens is 3. The van der Waals surface area contributed by atoms with Crippen LogP contribution in [0.5, 0.6) is 0 Å². The van der Waals surface area contributed by atoms with Crippen LogP contribution >= 0.6 is 12.6 Å². The van der Waals surface area contributed by atoms with Crippen LogP contribution < -0.4 is 5.73 Å². The Kier molecular flexibility index (Phi) is 2.55. The first-order chi connectivity index (χ1) is 7.18. The van der Waals surface area contributed by atoms with Gasteiger partial charge < -0.3 is 10.7 Å². The van der Waals surface area contributed by atoms with E-state index in [2.05, 4.69) is 15.0 Å². The molecule has 0 fully saturated rings. The van der Waals surface area contributed by atoms with E-state index in [1.165, 1.54) is 0 Å². The van der Waals surface area contributed by atoms with Crippen LogP contribution in [0.1, 0.15) is 24.1 Å². The lowest BCUT2D eigenvalue weighted by atomic mass is 10.0. The molecule has 0 spiro atoms. The number of rotatable bonds is 2. The summed E-state index contributed by atoms with van der Waals surface area (Å²) in [4.78, 5) is 11.1. The van der Waals surface area contributed by atoms with Crippen LogP contribution in [0.25, 0.3) is 0 Å². The van der Waals surface area contributed by atoms with Crippen molar-refractivity contribution >= 4 is 18.4 Å². The van der Waals surface area contributed by atoms with Gasteiger partial charge in [-0.1, -0.05) is 6.92 Å². The monoisotopic (exact) mass is 219 g/mol. The lowest BCUT2D eigenvalue weighted by Gasteiger charge is -2.11. The smallest absolute Gasteiger partial charge is 0.221 e. The Bertz CT molecular complexity index is 452. The van der Waals surface area contributed by atoms with Crippen LogP contribution in [0.15, 0.2) is 29.7 Å². The lowest BCUT2D eigenvalue weighted by Crippen LogP contribution is -2.05. The Morgan fingerprint density at radius 2 is 2.33 bits per heavy atom. The van der Waals surface area contributed by atoms with Crippen LogP contribution in [0, 0.1) is 0 Å². The predicted octanol–water partition coefficient (Wildman–Crippen LogP) is 2.10. The van der Waals surface area contributed by atoms with E-state index in [9.17, 15) is 0 Å². The molecule has 0 aliphatic heterocycles. The van der Waals surface area contributed by atoms with Gasteiger partial charge in [0.05, 0.1) is 0 Å². The first-order valence-electron chi connectivity index (χ1n) is 4.61. The molecule has 1 atom stereocenters. The van der Waals surface area contributed by atoms with Gasteiger partial charge >= 0.3 is 0 Å². The van der Waals surface area contributed by atoms with E-state index in [4.69, 9.17) is 18.4 Å². The lowest BCUT2D eigenvalue weighted by molar-refractivity contribution is 0.844. The molecule has 0 bridgehead atoms. The number of hydrogen-bond acceptors (Lipinski definition) is 3. The summed E-state index contributed by atoms with van der Waals surface area (Å²) >= 11 is 4.84. The molecular formula is C10H11N4S. The number of hydrogen-bond donors (Lipinski definition) is 2. The van der Waals surface area contributed by atoms with Gasteiger partial charge in [-0.05, 0) is 24.8 Å². The average molecular weight is 219 g/mol. The zero-order valence-corrected chi connectivity index (χ0v) is 9.08. The molecule has 0 saturated carbocycles. The van der Waals surface area contributed by atoms with Crippen LogP contribution in [0.4, 0.5) is 5.82 Å². The first kappa shape index (κ1) is 9.92. The highest BCUT2D eigenvalue weighted by Gasteiger charge is 2.13. The summed E-state index contributed by atoms with van der Waals surface area (Å²) in [5, 5.41) is 0.287. The fourth-order valence-corrected chi connectivity index (χ4v) is 1.65. The highest BCUT2D eigenvalue weighted by atomic mass is 32.1. The van der Waals surface area contributed by atoms with Crippen molar-refractivity contribution in [1.82, 2.24) is 15.0 Å². The largest absolute Gasteiger partial charge is 0.383 e. The molecule has 77 valence electrons. The van der Waals surface area contributed by atoms with Gasteiger partial charge in [0.1, 0.15) is 5.82 Å². The Balaban J connectivity index is 2.38. The molecule has 1 radical (unpaired) electrons. The fraction of sp³-hybridized carbons (Fsp3) is 0.200. The second-order valence-corrected chi connectivity index (χ2v) is 3.71. The number of H-pyrrole nitrogens is 1. The van der Waals surface area contributed by atoms with Gasteiger partial charge in [-0.25, -0.2) is 9.97 Å². The maximum absolute atomic E-state index is 5.80. The van der Waals surface area contributed by atoms with Gasteiger partial charge in [0.2, 0.25) is 5.16 Å². The summed E-state index contributed by atoms with van der Waals surface area (Å²) in [6.07, 6.45) is 3.57. The Labute approximate surface area is 93.4 Å². The zero-order valence-electron chi connectivity index (χ0n) is 8.27. The third-order valence-corrected chi connectivity index (χ3v) is 2.58. The summed E-state index contributed by atoms with van der Waals surface area (Å²) < 4.78 is 0. The minimum atomic E-state index is 0.149. The average Bonchev–Trinajstić information content (AvgIpc) is 2.69. The van der Waals surface area contributed by atoms with Gasteiger partial charge in [0.25, 0.3) is 0 Å². The second-order valence-electron chi connectivity index (χ2n) is 3.34. The number of aromatic amines is 1. The normalized spacial score (nSPS) is 12.6. The summed E-state index contributed by atoms with van der Waals surface area (Å²) in [7, 11) is 0. The Morgan fingerprint density at radius 3 is 2.93 bits per heavy atom. The maximum Gasteiger partial charge on any atom is 0.221 e. The fourth-order valence-electron chi connectivity index (χ4n) is 1.50. The van der Waals surface area contributed by atoms with Crippen molar-refractivity contribution in [1.29, 1.82) is 0 Å². The summed E-state index contributed by atoms with van der Waals surface area (Å²) in [6.45, 7) is 2.05. The number of anilines is 1. The number of nitrogens with zero attached hydrogens (tertiary/aromatic N) is 2. The van der Waals surface area contributed by atoms with E-state index in [0.29, 0.717) is 5.82 Å². The molecule has 2 aromatic heterocycles. The molecule has 0 aliphatic rings. The third kappa shape index (κ3) is 1.92. The summed E-state index contributed by atoms with van der Waals surface area (Å²) in [6, 6.07) is 3.95. The molecule has 0 amide bonds. The van der Waals surface area contributed by atoms with Crippen molar-refractivity contribution in [2.24, 2.45) is 0 Å². The Hall–Kier alpha value is -1.62. The molecule has 5 heteroatoms. The van der Waals surface area contributed by atoms with Crippen molar-refractivity contribution in [2.45, 2.75) is 18.0 Å². The van der Waals surface area contributed by atoms with Crippen LogP contribution in [0.2, 0.25) is 0 Å². The molecule has 4 nitrogen and oxygen atoms in total. The van der Waals surface area contributed by atoms with Crippen LogP contribution in [-0.4, -0.2) is 15.0 Å². The SMILES string of the molecule is CC(c1ccc[nH]1)c1cnc([S])nc1N. The summed E-state index contributed by atoms with van der Waals surface area (Å²) in [5.74, 6) is 0.604. The third-order valence-electron chi connectivity index (χ3n) is 2.38. The highest BCUT2D eigenvalue weighted by molar-refractivity contribution is 7.80. The molecule has 3 N–H and O–H groups in total. The van der Waals surface area contributed by atoms with Crippen molar-refractivity contribution in [3.63, 3.8) is 0 Å². The van der Waals surface area contributed by atoms with Gasteiger partial charge in [0.15, 0.2) is 0 Å². The molecule has 0 aliphatic carbocycles. The number of nitrogen functional groups attached to an aromatic ring is 1. The molecule has 15 heavy (non-hydrogen) atoms. The maximum atomic E-state index is 5.80. The first-order valence-corrected chi connectivity index (χ1v) is 5.02. The van der Waals surface area contributed by atoms with E-state index in [1.807, 2.05) is 25.3 Å². The minimum Gasteiger partial charge on any atom is -0.383 e. The predicted molar refractivity (Wildman–Crippen MR) is 60.6 cm³/mol. The van der Waals surface area contributed by atoms with E-state index in [-0.39, 0.29) is 11.1 Å². The molecule has 2 aromatic rings. The minimum absolute atomic E-state index is 0.149. The highest BCUT2D eigenvalue weighted by Crippen LogP contribution is 2.25. The van der Waals surface area contributed by atoms with Crippen molar-refractivity contribution in [2.75, 3.05) is 5.73 Å². The molecule has 2 heterocycles. The van der Waals surface area contributed by atoms with Gasteiger partial charge in [-0.2, -0.15) is 0 Å². The van der Waals surface area contributed by atoms with Gasteiger partial charge in [-0.15, -0.1) is 0 Å². The van der Waals surface area contributed by atoms with Gasteiger partial charge in [0, 0.05) is 29.6 Å². The summed E-state index contributed by atoms with van der Waals surface area (Å²) in [5.41, 5.74) is 7.78. The van der Waals surface area contributed by atoms with Crippen LogP contribution in [0.3, 0.4) is 0 Å². The molecule has 2 rings (SSSR count). The topological polar surface area (TPSA) is 67.6 Å². The van der Waals surface area contributed by atoms with Crippen LogP contribution in [-0.2, 0) is 0 Å². The molecular weight excluding hydrogens is 208 g/mol. The second kappa shape index (κ2) is 3.86. The van der Waals surface area contributed by atoms with E-state index < -0.39 is 0 Å².